The molecule has 1 aromatic heterocycles. The van der Waals surface area contributed by atoms with Crippen LogP contribution in [0.15, 0.2) is 54.7 Å². The van der Waals surface area contributed by atoms with Gasteiger partial charge >= 0.3 is 0 Å². The maximum atomic E-state index is 13.8. The Hall–Kier alpha value is -2.81. The van der Waals surface area contributed by atoms with Gasteiger partial charge in [-0.25, -0.2) is 20.2 Å². The highest BCUT2D eigenvalue weighted by Crippen LogP contribution is 2.30. The van der Waals surface area contributed by atoms with Crippen molar-refractivity contribution in [2.45, 2.75) is 24.9 Å². The molecule has 1 saturated heterocycles. The number of amides is 1. The first-order valence-corrected chi connectivity index (χ1v) is 10.1. The highest BCUT2D eigenvalue weighted by atomic mass is 32.1. The van der Waals surface area contributed by atoms with Gasteiger partial charge in [-0.15, -0.1) is 11.3 Å². The second kappa shape index (κ2) is 8.69. The van der Waals surface area contributed by atoms with Crippen molar-refractivity contribution in [3.05, 3.63) is 76.5 Å². The van der Waals surface area contributed by atoms with Crippen LogP contribution in [0.2, 0.25) is 0 Å². The predicted octanol–water partition coefficient (Wildman–Crippen LogP) is 3.43. The molecule has 3 aromatic rings. The van der Waals surface area contributed by atoms with Gasteiger partial charge < -0.3 is 10.1 Å². The number of hydrogen-bond donors (Lipinski definition) is 3. The van der Waals surface area contributed by atoms with Crippen LogP contribution in [-0.4, -0.2) is 24.0 Å². The number of carbonyl (C=O) groups is 1. The summed E-state index contributed by atoms with van der Waals surface area (Å²) in [6.07, 6.45) is 2.70. The number of carbonyl (C=O) groups excluding carboxylic acids is 1. The average Bonchev–Trinajstić information content (AvgIpc) is 3.39. The van der Waals surface area contributed by atoms with Crippen LogP contribution in [-0.2, 0) is 11.2 Å². The average molecular weight is 412 g/mol. The summed E-state index contributed by atoms with van der Waals surface area (Å²) in [4.78, 5) is 17.8. The molecule has 0 aliphatic carbocycles. The number of anilines is 1. The normalized spacial score (nSPS) is 18.6. The third-order valence-electron chi connectivity index (χ3n) is 4.84. The minimum atomic E-state index is -0.399. The van der Waals surface area contributed by atoms with Gasteiger partial charge in [-0.05, 0) is 24.1 Å². The van der Waals surface area contributed by atoms with Crippen molar-refractivity contribution in [1.29, 1.82) is 0 Å². The van der Waals surface area contributed by atoms with Crippen LogP contribution in [0.3, 0.4) is 0 Å². The lowest BCUT2D eigenvalue weighted by Gasteiger charge is -2.13. The Morgan fingerprint density at radius 2 is 2.03 bits per heavy atom. The van der Waals surface area contributed by atoms with E-state index in [9.17, 15) is 9.18 Å². The molecular weight excluding hydrogens is 391 g/mol. The molecule has 29 heavy (non-hydrogen) atoms. The number of nitrogens with zero attached hydrogens (tertiary/aromatic N) is 1. The molecular formula is C21H21FN4O2S. The summed E-state index contributed by atoms with van der Waals surface area (Å²) in [6.45, 7) is 0. The number of nitrogens with one attached hydrogen (secondary N) is 3. The van der Waals surface area contributed by atoms with E-state index >= 15 is 0 Å². The van der Waals surface area contributed by atoms with Crippen molar-refractivity contribution in [2.75, 3.05) is 12.4 Å². The number of thiazole rings is 1. The van der Waals surface area contributed by atoms with E-state index in [1.54, 1.807) is 31.5 Å². The summed E-state index contributed by atoms with van der Waals surface area (Å²) in [5.74, 6) is 0.377. The van der Waals surface area contributed by atoms with Gasteiger partial charge in [0.15, 0.2) is 5.13 Å². The summed E-state index contributed by atoms with van der Waals surface area (Å²) < 4.78 is 19.2. The molecule has 0 radical (unpaired) electrons. The van der Waals surface area contributed by atoms with Gasteiger partial charge in [-0.3, -0.25) is 4.79 Å². The number of hydrazine groups is 1. The van der Waals surface area contributed by atoms with Gasteiger partial charge in [-0.2, -0.15) is 0 Å². The number of ether oxygens (including phenoxy) is 1. The summed E-state index contributed by atoms with van der Waals surface area (Å²) in [7, 11) is 1.63. The maximum absolute atomic E-state index is 13.8. The van der Waals surface area contributed by atoms with Crippen molar-refractivity contribution in [2.24, 2.45) is 0 Å². The van der Waals surface area contributed by atoms with Gasteiger partial charge in [0.2, 0.25) is 5.91 Å². The topological polar surface area (TPSA) is 75.3 Å². The lowest BCUT2D eigenvalue weighted by Crippen LogP contribution is -2.39. The predicted molar refractivity (Wildman–Crippen MR) is 110 cm³/mol. The number of rotatable bonds is 6. The Morgan fingerprint density at radius 3 is 2.86 bits per heavy atom. The van der Waals surface area contributed by atoms with E-state index in [0.717, 1.165) is 16.2 Å². The number of methoxy groups -OCH3 is 1. The standard InChI is InChI=1S/C21H21FN4O2S/c1-28-19-9-5-3-7-15(19)17-11-18(26-25-17)20(27)24-21-23-12-14(29-21)10-13-6-2-4-8-16(13)22/h2-9,12,17-18,25-26H,10-11H2,1H3,(H,23,24,27). The van der Waals surface area contributed by atoms with E-state index in [1.807, 2.05) is 24.3 Å². The molecule has 1 fully saturated rings. The second-order valence-corrected chi connectivity index (χ2v) is 7.88. The van der Waals surface area contributed by atoms with Crippen molar-refractivity contribution >= 4 is 22.4 Å². The molecule has 6 nitrogen and oxygen atoms in total. The third-order valence-corrected chi connectivity index (χ3v) is 5.75. The van der Waals surface area contributed by atoms with Crippen LogP contribution >= 0.6 is 11.3 Å². The quantitative estimate of drug-likeness (QED) is 0.578. The number of halogens is 1. The first-order chi connectivity index (χ1) is 14.1. The van der Waals surface area contributed by atoms with Crippen molar-refractivity contribution in [3.8, 4) is 5.75 Å². The Morgan fingerprint density at radius 1 is 1.24 bits per heavy atom. The van der Waals surface area contributed by atoms with E-state index < -0.39 is 6.04 Å². The summed E-state index contributed by atoms with van der Waals surface area (Å²) >= 11 is 1.35. The fourth-order valence-corrected chi connectivity index (χ4v) is 4.19. The van der Waals surface area contributed by atoms with Gasteiger partial charge in [0, 0.05) is 23.1 Å². The molecule has 8 heteroatoms. The first kappa shape index (κ1) is 19.5. The van der Waals surface area contributed by atoms with E-state index in [0.29, 0.717) is 23.5 Å². The van der Waals surface area contributed by atoms with E-state index in [4.69, 9.17) is 4.74 Å². The van der Waals surface area contributed by atoms with E-state index in [1.165, 1.54) is 17.4 Å². The van der Waals surface area contributed by atoms with Crippen LogP contribution in [0.25, 0.3) is 0 Å². The van der Waals surface area contributed by atoms with Crippen LogP contribution in [0, 0.1) is 5.82 Å². The summed E-state index contributed by atoms with van der Waals surface area (Å²) in [6, 6.07) is 14.0. The summed E-state index contributed by atoms with van der Waals surface area (Å²) in [5, 5.41) is 3.35. The molecule has 2 atom stereocenters. The lowest BCUT2D eigenvalue weighted by molar-refractivity contribution is -0.117. The van der Waals surface area contributed by atoms with Crippen LogP contribution in [0.4, 0.5) is 9.52 Å². The maximum Gasteiger partial charge on any atom is 0.244 e. The molecule has 0 bridgehead atoms. The minimum absolute atomic E-state index is 0.0326. The van der Waals surface area contributed by atoms with Crippen molar-refractivity contribution in [1.82, 2.24) is 15.8 Å². The molecule has 150 valence electrons. The van der Waals surface area contributed by atoms with Gasteiger partial charge in [0.25, 0.3) is 0 Å². The van der Waals surface area contributed by atoms with E-state index in [2.05, 4.69) is 21.2 Å². The zero-order valence-electron chi connectivity index (χ0n) is 15.8. The van der Waals surface area contributed by atoms with Crippen LogP contribution < -0.4 is 20.9 Å². The number of para-hydroxylation sites is 1. The molecule has 4 rings (SSSR count). The SMILES string of the molecule is COc1ccccc1C1CC(C(=O)Nc2ncc(Cc3ccccc3F)s2)NN1. The largest absolute Gasteiger partial charge is 0.496 e. The fourth-order valence-electron chi connectivity index (χ4n) is 3.36. The Kier molecular flexibility index (Phi) is 5.84. The summed E-state index contributed by atoms with van der Waals surface area (Å²) in [5.41, 5.74) is 7.81. The zero-order valence-corrected chi connectivity index (χ0v) is 16.6. The van der Waals surface area contributed by atoms with Crippen LogP contribution in [0.5, 0.6) is 5.75 Å². The molecule has 2 unspecified atom stereocenters. The molecule has 2 heterocycles. The van der Waals surface area contributed by atoms with Gasteiger partial charge in [0.1, 0.15) is 17.6 Å². The minimum Gasteiger partial charge on any atom is -0.496 e. The fraction of sp³-hybridized carbons (Fsp3) is 0.238. The third kappa shape index (κ3) is 4.45. The Bertz CT molecular complexity index is 1010. The number of hydrogen-bond acceptors (Lipinski definition) is 6. The zero-order chi connectivity index (χ0) is 20.2. The molecule has 3 N–H and O–H groups in total. The van der Waals surface area contributed by atoms with Crippen molar-refractivity contribution < 1.29 is 13.9 Å². The molecule has 1 aliphatic heterocycles. The van der Waals surface area contributed by atoms with Gasteiger partial charge in [-0.1, -0.05) is 36.4 Å². The smallest absolute Gasteiger partial charge is 0.244 e. The lowest BCUT2D eigenvalue weighted by atomic mass is 10.0. The molecule has 0 saturated carbocycles. The van der Waals surface area contributed by atoms with Crippen molar-refractivity contribution in [3.63, 3.8) is 0 Å². The highest BCUT2D eigenvalue weighted by molar-refractivity contribution is 7.15. The van der Waals surface area contributed by atoms with E-state index in [-0.39, 0.29) is 17.8 Å². The monoisotopic (exact) mass is 412 g/mol. The first-order valence-electron chi connectivity index (χ1n) is 9.27. The molecule has 2 aromatic carbocycles. The molecule has 1 amide bonds. The number of aromatic nitrogens is 1. The Balaban J connectivity index is 1.37. The van der Waals surface area contributed by atoms with Crippen LogP contribution in [0.1, 0.15) is 28.5 Å². The second-order valence-electron chi connectivity index (χ2n) is 6.76. The number of benzene rings is 2. The van der Waals surface area contributed by atoms with Gasteiger partial charge in [0.05, 0.1) is 13.2 Å². The molecule has 1 aliphatic rings. The molecule has 0 spiro atoms. The highest BCUT2D eigenvalue weighted by Gasteiger charge is 2.31. The Labute approximate surface area is 172 Å².